The lowest BCUT2D eigenvalue weighted by Crippen LogP contribution is -2.34. The van der Waals surface area contributed by atoms with Gasteiger partial charge in [-0.25, -0.2) is 9.59 Å². The molecule has 8 heteroatoms. The topological polar surface area (TPSA) is 108 Å². The fourth-order valence-corrected chi connectivity index (χ4v) is 3.75. The zero-order valence-corrected chi connectivity index (χ0v) is 18.5. The number of hydrogen-bond donors (Lipinski definition) is 1. The van der Waals surface area contributed by atoms with Crippen LogP contribution in [0.1, 0.15) is 64.9 Å². The van der Waals surface area contributed by atoms with Crippen molar-refractivity contribution in [3.8, 4) is 0 Å². The van der Waals surface area contributed by atoms with Crippen molar-refractivity contribution >= 4 is 17.6 Å². The smallest absolute Gasteiger partial charge is 0.336 e. The van der Waals surface area contributed by atoms with Gasteiger partial charge in [-0.2, -0.15) is 0 Å². The Morgan fingerprint density at radius 2 is 1.48 bits per heavy atom. The summed E-state index contributed by atoms with van der Waals surface area (Å²) < 4.78 is 10.7. The van der Waals surface area contributed by atoms with Gasteiger partial charge in [0.25, 0.3) is 5.69 Å². The Bertz CT molecular complexity index is 859. The van der Waals surface area contributed by atoms with Crippen LogP contribution in [0.5, 0.6) is 0 Å². The molecule has 1 heterocycles. The van der Waals surface area contributed by atoms with E-state index in [0.29, 0.717) is 40.9 Å². The molecule has 0 atom stereocenters. The molecule has 0 aromatic heterocycles. The van der Waals surface area contributed by atoms with Crippen molar-refractivity contribution in [2.75, 3.05) is 13.2 Å². The van der Waals surface area contributed by atoms with Crippen LogP contribution in [0.4, 0.5) is 5.69 Å². The van der Waals surface area contributed by atoms with Gasteiger partial charge in [-0.05, 0) is 32.3 Å². The van der Waals surface area contributed by atoms with Crippen molar-refractivity contribution in [1.82, 2.24) is 5.32 Å². The van der Waals surface area contributed by atoms with E-state index in [1.54, 1.807) is 26.0 Å². The van der Waals surface area contributed by atoms with Crippen LogP contribution < -0.4 is 5.32 Å². The van der Waals surface area contributed by atoms with E-state index < -0.39 is 22.8 Å². The molecule has 1 N–H and O–H groups in total. The van der Waals surface area contributed by atoms with E-state index in [9.17, 15) is 19.7 Å². The molecule has 0 spiro atoms. The van der Waals surface area contributed by atoms with E-state index in [4.69, 9.17) is 9.47 Å². The fraction of sp³-hybridized carbons (Fsp3) is 0.478. The van der Waals surface area contributed by atoms with Crippen molar-refractivity contribution in [2.45, 2.75) is 59.3 Å². The van der Waals surface area contributed by atoms with Crippen LogP contribution in [-0.2, 0) is 19.1 Å². The van der Waals surface area contributed by atoms with Gasteiger partial charge >= 0.3 is 11.9 Å². The summed E-state index contributed by atoms with van der Waals surface area (Å²) in [6.45, 7) is 7.74. The first-order valence-corrected chi connectivity index (χ1v) is 10.7. The summed E-state index contributed by atoms with van der Waals surface area (Å²) in [6.07, 6.45) is 2.67. The summed E-state index contributed by atoms with van der Waals surface area (Å²) in [6, 6.07) is 6.03. The third kappa shape index (κ3) is 5.51. The fourth-order valence-electron chi connectivity index (χ4n) is 3.75. The molecule has 1 aliphatic heterocycles. The quantitative estimate of drug-likeness (QED) is 0.330. The molecular weight excluding hydrogens is 400 g/mol. The number of nitro groups is 1. The number of nitrogens with zero attached hydrogens (tertiary/aromatic N) is 1. The van der Waals surface area contributed by atoms with Gasteiger partial charge in [0.15, 0.2) is 0 Å². The second kappa shape index (κ2) is 11.3. The van der Waals surface area contributed by atoms with Crippen LogP contribution in [0.2, 0.25) is 0 Å². The van der Waals surface area contributed by atoms with Crippen molar-refractivity contribution in [3.63, 3.8) is 0 Å². The molecule has 1 aromatic carbocycles. The molecule has 0 unspecified atom stereocenters. The van der Waals surface area contributed by atoms with Gasteiger partial charge in [-0.1, -0.05) is 38.8 Å². The zero-order valence-electron chi connectivity index (χ0n) is 18.5. The van der Waals surface area contributed by atoms with E-state index in [1.807, 2.05) is 13.8 Å². The molecule has 0 saturated heterocycles. The van der Waals surface area contributed by atoms with Gasteiger partial charge in [0.1, 0.15) is 0 Å². The number of benzene rings is 1. The average molecular weight is 431 g/mol. The maximum atomic E-state index is 13.0. The first kappa shape index (κ1) is 24.1. The molecule has 0 amide bonds. The second-order valence-electron chi connectivity index (χ2n) is 7.14. The number of carbonyl (C=O) groups excluding carboxylic acids is 2. The summed E-state index contributed by atoms with van der Waals surface area (Å²) in [4.78, 5) is 37.0. The lowest BCUT2D eigenvalue weighted by atomic mass is 9.78. The number of ether oxygens (including phenoxy) is 2. The predicted molar refractivity (Wildman–Crippen MR) is 116 cm³/mol. The van der Waals surface area contributed by atoms with Gasteiger partial charge in [-0.3, -0.25) is 10.1 Å². The van der Waals surface area contributed by atoms with Gasteiger partial charge in [0, 0.05) is 23.5 Å². The molecular formula is C23H30N2O6. The standard InChI is InChI=1S/C23H30N2O6/c1-5-10-17-20(22(26)30-7-3)19(15-12-9-13-16(14-15)25(28)29)21(23(27)31-8-4)18(24-17)11-6-2/h9,12-14,19,24H,5-8,10-11H2,1-4H3. The van der Waals surface area contributed by atoms with Crippen LogP contribution >= 0.6 is 0 Å². The van der Waals surface area contributed by atoms with Crippen molar-refractivity contribution in [2.24, 2.45) is 0 Å². The average Bonchev–Trinajstić information content (AvgIpc) is 2.74. The number of rotatable bonds is 10. The van der Waals surface area contributed by atoms with Crippen LogP contribution in [0.25, 0.3) is 0 Å². The van der Waals surface area contributed by atoms with E-state index in [1.165, 1.54) is 12.1 Å². The Morgan fingerprint density at radius 3 is 1.90 bits per heavy atom. The minimum absolute atomic E-state index is 0.114. The molecule has 0 fully saturated rings. The molecule has 1 aliphatic rings. The van der Waals surface area contributed by atoms with E-state index in [-0.39, 0.29) is 18.9 Å². The summed E-state index contributed by atoms with van der Waals surface area (Å²) in [5.74, 6) is -1.91. The lowest BCUT2D eigenvalue weighted by molar-refractivity contribution is -0.384. The SMILES string of the molecule is CCCC1=C(C(=O)OCC)C(c2cccc([N+](=O)[O-])c2)C(C(=O)OCC)=C(CCC)N1. The number of non-ortho nitro benzene ring substituents is 1. The largest absolute Gasteiger partial charge is 0.463 e. The molecule has 31 heavy (non-hydrogen) atoms. The summed E-state index contributed by atoms with van der Waals surface area (Å²) >= 11 is 0. The molecule has 168 valence electrons. The highest BCUT2D eigenvalue weighted by molar-refractivity contribution is 6.00. The monoisotopic (exact) mass is 430 g/mol. The molecule has 0 bridgehead atoms. The number of hydrogen-bond acceptors (Lipinski definition) is 7. The van der Waals surface area contributed by atoms with Crippen molar-refractivity contribution in [1.29, 1.82) is 0 Å². The Balaban J connectivity index is 2.81. The number of dihydropyridines is 1. The van der Waals surface area contributed by atoms with Crippen molar-refractivity contribution < 1.29 is 24.0 Å². The Morgan fingerprint density at radius 1 is 0.968 bits per heavy atom. The minimum Gasteiger partial charge on any atom is -0.463 e. The lowest BCUT2D eigenvalue weighted by Gasteiger charge is -2.32. The maximum Gasteiger partial charge on any atom is 0.336 e. The second-order valence-corrected chi connectivity index (χ2v) is 7.14. The first-order valence-electron chi connectivity index (χ1n) is 10.7. The molecule has 0 radical (unpaired) electrons. The number of allylic oxidation sites excluding steroid dienone is 2. The summed E-state index contributed by atoms with van der Waals surface area (Å²) in [5, 5.41) is 14.7. The minimum atomic E-state index is -0.817. The van der Waals surface area contributed by atoms with E-state index >= 15 is 0 Å². The maximum absolute atomic E-state index is 13.0. The van der Waals surface area contributed by atoms with Crippen LogP contribution in [0.15, 0.2) is 46.8 Å². The molecule has 1 aromatic rings. The Kier molecular flexibility index (Phi) is 8.78. The Hall–Kier alpha value is -3.16. The van der Waals surface area contributed by atoms with Gasteiger partial charge in [0.2, 0.25) is 0 Å². The van der Waals surface area contributed by atoms with Crippen LogP contribution in [0.3, 0.4) is 0 Å². The number of esters is 2. The predicted octanol–water partition coefficient (Wildman–Crippen LogP) is 4.52. The zero-order chi connectivity index (χ0) is 23.0. The molecule has 8 nitrogen and oxygen atoms in total. The van der Waals surface area contributed by atoms with Gasteiger partial charge in [0.05, 0.1) is 35.2 Å². The first-order chi connectivity index (χ1) is 14.9. The third-order valence-electron chi connectivity index (χ3n) is 4.93. The highest BCUT2D eigenvalue weighted by Gasteiger charge is 2.39. The highest BCUT2D eigenvalue weighted by atomic mass is 16.6. The normalized spacial score (nSPS) is 14.3. The molecule has 0 aliphatic carbocycles. The summed E-state index contributed by atoms with van der Waals surface area (Å²) in [7, 11) is 0. The van der Waals surface area contributed by atoms with Crippen LogP contribution in [0, 0.1) is 10.1 Å². The van der Waals surface area contributed by atoms with Crippen molar-refractivity contribution in [3.05, 3.63) is 62.5 Å². The van der Waals surface area contributed by atoms with E-state index in [0.717, 1.165) is 12.8 Å². The highest BCUT2D eigenvalue weighted by Crippen LogP contribution is 2.42. The van der Waals surface area contributed by atoms with Crippen LogP contribution in [-0.4, -0.2) is 30.1 Å². The molecule has 2 rings (SSSR count). The number of nitro benzene ring substituents is 1. The third-order valence-corrected chi connectivity index (χ3v) is 4.93. The number of carbonyl (C=O) groups is 2. The Labute approximate surface area is 182 Å². The van der Waals surface area contributed by atoms with E-state index in [2.05, 4.69) is 5.32 Å². The molecule has 0 saturated carbocycles. The number of nitrogens with one attached hydrogen (secondary N) is 1. The summed E-state index contributed by atoms with van der Waals surface area (Å²) in [5.41, 5.74) is 2.31. The van der Waals surface area contributed by atoms with Gasteiger partial charge in [-0.15, -0.1) is 0 Å². The van der Waals surface area contributed by atoms with Gasteiger partial charge < -0.3 is 14.8 Å².